The summed E-state index contributed by atoms with van der Waals surface area (Å²) in [5.74, 6) is -0.283. The Morgan fingerprint density at radius 3 is 1.84 bits per heavy atom. The molecule has 2 aromatic rings. The number of carbonyl (C=O) groups excluding carboxylic acids is 2. The largest absolute Gasteiger partial charge is 0.347 e. The molecule has 0 atom stereocenters. The maximum Gasteiger partial charge on any atom is 0.251 e. The summed E-state index contributed by atoms with van der Waals surface area (Å²) < 4.78 is 27.5. The van der Waals surface area contributed by atoms with E-state index in [-0.39, 0.29) is 34.1 Å². The topological polar surface area (TPSA) is 92.3 Å². The number of nitrogens with one attached hydrogen (secondary N) is 2. The van der Waals surface area contributed by atoms with Crippen molar-refractivity contribution in [2.45, 2.75) is 64.9 Å². The first-order valence-corrected chi connectivity index (χ1v) is 11.7. The van der Waals surface area contributed by atoms with Crippen LogP contribution in [0.3, 0.4) is 0 Å². The van der Waals surface area contributed by atoms with Gasteiger partial charge < -0.3 is 5.32 Å². The zero-order valence-electron chi connectivity index (χ0n) is 19.1. The first-order chi connectivity index (χ1) is 14.2. The summed E-state index contributed by atoms with van der Waals surface area (Å²) in [7, 11) is -3.71. The molecule has 0 radical (unpaired) electrons. The molecule has 0 heterocycles. The lowest BCUT2D eigenvalue weighted by molar-refractivity contribution is 0.0890. The van der Waals surface area contributed by atoms with E-state index in [2.05, 4.69) is 30.8 Å². The van der Waals surface area contributed by atoms with Crippen LogP contribution in [-0.4, -0.2) is 25.6 Å². The van der Waals surface area contributed by atoms with Gasteiger partial charge >= 0.3 is 0 Å². The lowest BCUT2D eigenvalue weighted by Gasteiger charge is -2.33. The third-order valence-corrected chi connectivity index (χ3v) is 6.09. The molecule has 1 amide bonds. The van der Waals surface area contributed by atoms with Crippen LogP contribution in [0.25, 0.3) is 0 Å². The normalized spacial score (nSPS) is 12.5. The van der Waals surface area contributed by atoms with E-state index in [0.29, 0.717) is 11.1 Å². The highest BCUT2D eigenvalue weighted by atomic mass is 32.2. The zero-order valence-corrected chi connectivity index (χ0v) is 19.9. The van der Waals surface area contributed by atoms with Crippen molar-refractivity contribution in [3.05, 3.63) is 65.2 Å². The number of benzene rings is 2. The van der Waals surface area contributed by atoms with Gasteiger partial charge in [0.2, 0.25) is 10.0 Å². The summed E-state index contributed by atoms with van der Waals surface area (Å²) in [6.07, 6.45) is 0.832. The Morgan fingerprint density at radius 2 is 1.35 bits per heavy atom. The minimum Gasteiger partial charge on any atom is -0.347 e. The van der Waals surface area contributed by atoms with E-state index in [0.717, 1.165) is 12.0 Å². The molecule has 0 aliphatic heterocycles. The number of hydrogen-bond donors (Lipinski definition) is 2. The quantitative estimate of drug-likeness (QED) is 0.593. The number of Topliss-reactive ketones (excluding diaryl/α,β-unsaturated/α-hetero) is 1. The highest BCUT2D eigenvalue weighted by Crippen LogP contribution is 2.27. The van der Waals surface area contributed by atoms with Crippen molar-refractivity contribution in [2.24, 2.45) is 5.41 Å². The maximum absolute atomic E-state index is 12.6. The van der Waals surface area contributed by atoms with E-state index < -0.39 is 10.0 Å². The van der Waals surface area contributed by atoms with E-state index in [1.807, 2.05) is 13.8 Å². The van der Waals surface area contributed by atoms with Crippen molar-refractivity contribution in [2.75, 3.05) is 0 Å². The van der Waals surface area contributed by atoms with Crippen LogP contribution in [0.1, 0.15) is 74.2 Å². The predicted octanol–water partition coefficient (Wildman–Crippen LogP) is 4.31. The summed E-state index contributed by atoms with van der Waals surface area (Å²) in [5, 5.41) is 3.06. The fourth-order valence-corrected chi connectivity index (χ4v) is 4.67. The number of hydrogen-bond acceptors (Lipinski definition) is 4. The molecule has 0 saturated carbocycles. The van der Waals surface area contributed by atoms with Crippen LogP contribution in [0.4, 0.5) is 0 Å². The van der Waals surface area contributed by atoms with Crippen molar-refractivity contribution >= 4 is 21.7 Å². The Bertz CT molecular complexity index is 1030. The van der Waals surface area contributed by atoms with Gasteiger partial charge in [-0.25, -0.2) is 13.1 Å². The predicted molar refractivity (Wildman–Crippen MR) is 123 cm³/mol. The van der Waals surface area contributed by atoms with Gasteiger partial charge in [0.15, 0.2) is 5.78 Å². The number of carbonyl (C=O) groups is 2. The molecule has 0 aromatic heterocycles. The third-order valence-electron chi connectivity index (χ3n) is 4.68. The molecule has 2 rings (SSSR count). The second-order valence-electron chi connectivity index (χ2n) is 9.68. The summed E-state index contributed by atoms with van der Waals surface area (Å²) in [6, 6.07) is 12.6. The number of rotatable bonds is 8. The summed E-state index contributed by atoms with van der Waals surface area (Å²) in [4.78, 5) is 24.0. The molecule has 7 heteroatoms. The molecule has 0 aliphatic rings. The number of sulfonamides is 1. The van der Waals surface area contributed by atoms with Gasteiger partial charge in [0.05, 0.1) is 4.90 Å². The van der Waals surface area contributed by atoms with Crippen LogP contribution in [0, 0.1) is 5.41 Å². The van der Waals surface area contributed by atoms with E-state index in [4.69, 9.17) is 0 Å². The second kappa shape index (κ2) is 9.32. The molecular formula is C24H32N2O4S. The van der Waals surface area contributed by atoms with E-state index in [1.54, 1.807) is 24.3 Å². The van der Waals surface area contributed by atoms with E-state index in [9.17, 15) is 18.0 Å². The highest BCUT2D eigenvalue weighted by Gasteiger charge is 2.27. The molecule has 0 unspecified atom stereocenters. The average Bonchev–Trinajstić information content (AvgIpc) is 2.64. The van der Waals surface area contributed by atoms with Crippen LogP contribution < -0.4 is 10.0 Å². The Hall–Kier alpha value is -2.51. The molecule has 0 bridgehead atoms. The fraction of sp³-hybridized carbons (Fsp3) is 0.417. The van der Waals surface area contributed by atoms with Gasteiger partial charge in [-0.15, -0.1) is 0 Å². The summed E-state index contributed by atoms with van der Waals surface area (Å²) in [6.45, 7) is 11.9. The molecule has 168 valence electrons. The highest BCUT2D eigenvalue weighted by molar-refractivity contribution is 7.89. The van der Waals surface area contributed by atoms with Crippen molar-refractivity contribution in [3.63, 3.8) is 0 Å². The van der Waals surface area contributed by atoms with Gasteiger partial charge in [-0.3, -0.25) is 9.59 Å². The SMILES string of the molecule is CC(=O)c1ccc(S(=O)(=O)NCc2ccc(C(=O)NC(C)(C)CC(C)(C)C)cc2)cc1. The minimum absolute atomic E-state index is 0.0875. The molecule has 0 fully saturated rings. The van der Waals surface area contributed by atoms with Crippen molar-refractivity contribution < 1.29 is 18.0 Å². The Labute approximate surface area is 185 Å². The minimum atomic E-state index is -3.71. The number of ketones is 1. The van der Waals surface area contributed by atoms with Crippen LogP contribution in [0.2, 0.25) is 0 Å². The Morgan fingerprint density at radius 1 is 0.839 bits per heavy atom. The van der Waals surface area contributed by atoms with Gasteiger partial charge in [0.1, 0.15) is 0 Å². The fourth-order valence-electron chi connectivity index (χ4n) is 3.65. The molecule has 31 heavy (non-hydrogen) atoms. The van der Waals surface area contributed by atoms with Crippen LogP contribution >= 0.6 is 0 Å². The van der Waals surface area contributed by atoms with Crippen molar-refractivity contribution in [1.82, 2.24) is 10.0 Å². The van der Waals surface area contributed by atoms with Gasteiger partial charge in [-0.05, 0) is 62.4 Å². The van der Waals surface area contributed by atoms with Crippen LogP contribution in [0.5, 0.6) is 0 Å². The zero-order chi connectivity index (χ0) is 23.4. The first-order valence-electron chi connectivity index (χ1n) is 10.2. The standard InChI is InChI=1S/C24H32N2O4S/c1-17(27)19-11-13-21(14-12-19)31(29,30)25-15-18-7-9-20(10-8-18)22(28)26-24(5,6)16-23(2,3)4/h7-14,25H,15-16H2,1-6H3,(H,26,28). The molecule has 0 saturated heterocycles. The van der Waals surface area contributed by atoms with Gasteiger partial charge in [0.25, 0.3) is 5.91 Å². The van der Waals surface area contributed by atoms with Gasteiger partial charge in [-0.2, -0.15) is 0 Å². The van der Waals surface area contributed by atoms with Gasteiger partial charge in [-0.1, -0.05) is 45.0 Å². The molecular weight excluding hydrogens is 412 g/mol. The van der Waals surface area contributed by atoms with Crippen molar-refractivity contribution in [1.29, 1.82) is 0 Å². The van der Waals surface area contributed by atoms with Crippen molar-refractivity contribution in [3.8, 4) is 0 Å². The Balaban J connectivity index is 2.00. The lowest BCUT2D eigenvalue weighted by atomic mass is 9.81. The lowest BCUT2D eigenvalue weighted by Crippen LogP contribution is -2.45. The summed E-state index contributed by atoms with van der Waals surface area (Å²) in [5.41, 5.74) is 1.45. The van der Waals surface area contributed by atoms with E-state index in [1.165, 1.54) is 31.2 Å². The maximum atomic E-state index is 12.6. The van der Waals surface area contributed by atoms with E-state index >= 15 is 0 Å². The second-order valence-corrected chi connectivity index (χ2v) is 11.4. The Kier molecular flexibility index (Phi) is 7.44. The summed E-state index contributed by atoms with van der Waals surface area (Å²) >= 11 is 0. The molecule has 6 nitrogen and oxygen atoms in total. The third kappa shape index (κ3) is 7.60. The average molecular weight is 445 g/mol. The first kappa shape index (κ1) is 24.8. The molecule has 2 aromatic carbocycles. The number of amides is 1. The van der Waals surface area contributed by atoms with Crippen LogP contribution in [-0.2, 0) is 16.6 Å². The molecule has 2 N–H and O–H groups in total. The van der Waals surface area contributed by atoms with Gasteiger partial charge in [0, 0.05) is 23.2 Å². The van der Waals surface area contributed by atoms with Crippen LogP contribution in [0.15, 0.2) is 53.4 Å². The monoisotopic (exact) mass is 444 g/mol. The molecule has 0 aliphatic carbocycles. The molecule has 0 spiro atoms. The smallest absolute Gasteiger partial charge is 0.251 e.